The van der Waals surface area contributed by atoms with Crippen LogP contribution in [0.1, 0.15) is 27.9 Å². The molecule has 8 heteroatoms. The largest absolute Gasteiger partial charge is 0.493 e. The van der Waals surface area contributed by atoms with Gasteiger partial charge in [-0.05, 0) is 50.1 Å². The molecule has 0 radical (unpaired) electrons. The predicted molar refractivity (Wildman–Crippen MR) is 117 cm³/mol. The molecule has 0 saturated heterocycles. The number of nitrogens with zero attached hydrogens (tertiary/aromatic N) is 1. The molecule has 0 aliphatic rings. The number of aromatic nitrogens is 1. The van der Waals surface area contributed by atoms with Crippen molar-refractivity contribution in [2.24, 2.45) is 0 Å². The summed E-state index contributed by atoms with van der Waals surface area (Å²) >= 11 is 1.59. The summed E-state index contributed by atoms with van der Waals surface area (Å²) in [4.78, 5) is 26.0. The van der Waals surface area contributed by atoms with Gasteiger partial charge in [0.2, 0.25) is 5.91 Å². The molecule has 1 amide bonds. The molecule has 1 aromatic carbocycles. The van der Waals surface area contributed by atoms with Gasteiger partial charge < -0.3 is 24.1 Å². The molecular formula is C22H26N2O5S. The van der Waals surface area contributed by atoms with Gasteiger partial charge in [-0.15, -0.1) is 11.3 Å². The molecule has 0 fully saturated rings. The Bertz CT molecular complexity index is 1050. The number of carbonyl (C=O) groups is 2. The monoisotopic (exact) mass is 430 g/mol. The van der Waals surface area contributed by atoms with Crippen LogP contribution in [0.3, 0.4) is 0 Å². The zero-order valence-electron chi connectivity index (χ0n) is 17.6. The standard InChI is InChI=1S/C22H26N2O5S/c1-5-29-22(26)17-12-20-16(10-14(2)30-20)24(17)13-21(25)23-9-8-15-6-7-18(27-3)19(11-15)28-4/h6-7,10-12H,5,8-9,13H2,1-4H3,(H,23,25). The van der Waals surface area contributed by atoms with Gasteiger partial charge in [0.05, 0.1) is 31.0 Å². The smallest absolute Gasteiger partial charge is 0.355 e. The molecule has 3 rings (SSSR count). The van der Waals surface area contributed by atoms with E-state index >= 15 is 0 Å². The second-order valence-electron chi connectivity index (χ2n) is 6.73. The first-order valence-electron chi connectivity index (χ1n) is 9.71. The third-order valence-electron chi connectivity index (χ3n) is 4.68. The van der Waals surface area contributed by atoms with E-state index in [9.17, 15) is 9.59 Å². The number of amides is 1. The van der Waals surface area contributed by atoms with Crippen molar-refractivity contribution in [3.8, 4) is 11.5 Å². The lowest BCUT2D eigenvalue weighted by Crippen LogP contribution is -2.30. The van der Waals surface area contributed by atoms with Crippen LogP contribution >= 0.6 is 11.3 Å². The number of rotatable bonds is 9. The number of aryl methyl sites for hydroxylation is 1. The summed E-state index contributed by atoms with van der Waals surface area (Å²) < 4.78 is 18.4. The minimum atomic E-state index is -0.420. The Kier molecular flexibility index (Phi) is 6.99. The Morgan fingerprint density at radius 1 is 1.10 bits per heavy atom. The van der Waals surface area contributed by atoms with Crippen LogP contribution in [0.15, 0.2) is 30.3 Å². The highest BCUT2D eigenvalue weighted by Crippen LogP contribution is 2.29. The van der Waals surface area contributed by atoms with Gasteiger partial charge >= 0.3 is 5.97 Å². The van der Waals surface area contributed by atoms with E-state index in [4.69, 9.17) is 14.2 Å². The molecule has 30 heavy (non-hydrogen) atoms. The van der Waals surface area contributed by atoms with Gasteiger partial charge in [-0.25, -0.2) is 4.79 Å². The molecule has 160 valence electrons. The van der Waals surface area contributed by atoms with Gasteiger partial charge in [-0.3, -0.25) is 4.79 Å². The van der Waals surface area contributed by atoms with Crippen molar-refractivity contribution in [1.82, 2.24) is 9.88 Å². The maximum atomic E-state index is 12.6. The molecule has 1 N–H and O–H groups in total. The summed E-state index contributed by atoms with van der Waals surface area (Å²) in [6.45, 7) is 4.57. The molecule has 0 spiro atoms. The average Bonchev–Trinajstić information content (AvgIpc) is 3.25. The van der Waals surface area contributed by atoms with Crippen molar-refractivity contribution < 1.29 is 23.8 Å². The van der Waals surface area contributed by atoms with Crippen LogP contribution in [0.4, 0.5) is 0 Å². The zero-order chi connectivity index (χ0) is 21.7. The van der Waals surface area contributed by atoms with Crippen molar-refractivity contribution in [3.05, 3.63) is 46.5 Å². The van der Waals surface area contributed by atoms with Crippen molar-refractivity contribution in [2.75, 3.05) is 27.4 Å². The maximum absolute atomic E-state index is 12.6. The molecule has 7 nitrogen and oxygen atoms in total. The predicted octanol–water partition coefficient (Wildman–Crippen LogP) is 3.56. The molecule has 0 bridgehead atoms. The van der Waals surface area contributed by atoms with Crippen molar-refractivity contribution in [2.45, 2.75) is 26.8 Å². The fourth-order valence-corrected chi connectivity index (χ4v) is 4.25. The normalized spacial score (nSPS) is 10.8. The first-order chi connectivity index (χ1) is 14.5. The minimum absolute atomic E-state index is 0.0553. The highest BCUT2D eigenvalue weighted by molar-refractivity contribution is 7.19. The van der Waals surface area contributed by atoms with Crippen LogP contribution in [-0.2, 0) is 22.5 Å². The van der Waals surface area contributed by atoms with Crippen LogP contribution in [0.25, 0.3) is 10.2 Å². The summed E-state index contributed by atoms with van der Waals surface area (Å²) in [5.74, 6) is 0.737. The number of hydrogen-bond donors (Lipinski definition) is 1. The second-order valence-corrected chi connectivity index (χ2v) is 8.02. The lowest BCUT2D eigenvalue weighted by molar-refractivity contribution is -0.121. The van der Waals surface area contributed by atoms with E-state index in [1.54, 1.807) is 43.1 Å². The number of ether oxygens (including phenoxy) is 3. The van der Waals surface area contributed by atoms with Gasteiger partial charge in [-0.1, -0.05) is 6.07 Å². The lowest BCUT2D eigenvalue weighted by Gasteiger charge is -2.12. The fraction of sp³-hybridized carbons (Fsp3) is 0.364. The van der Waals surface area contributed by atoms with E-state index < -0.39 is 5.97 Å². The number of benzene rings is 1. The maximum Gasteiger partial charge on any atom is 0.355 e. The number of esters is 1. The van der Waals surface area contributed by atoms with Crippen LogP contribution in [-0.4, -0.2) is 43.8 Å². The molecular weight excluding hydrogens is 404 g/mol. The van der Waals surface area contributed by atoms with Crippen molar-refractivity contribution in [3.63, 3.8) is 0 Å². The topological polar surface area (TPSA) is 78.8 Å². The Balaban J connectivity index is 1.67. The SMILES string of the molecule is CCOC(=O)c1cc2sc(C)cc2n1CC(=O)NCCc1ccc(OC)c(OC)c1. The van der Waals surface area contributed by atoms with Gasteiger partial charge in [-0.2, -0.15) is 0 Å². The number of fused-ring (bicyclic) bond motifs is 1. The zero-order valence-corrected chi connectivity index (χ0v) is 18.4. The van der Waals surface area contributed by atoms with E-state index in [1.807, 2.05) is 31.2 Å². The van der Waals surface area contributed by atoms with Crippen LogP contribution < -0.4 is 14.8 Å². The molecule has 0 saturated carbocycles. The Morgan fingerprint density at radius 3 is 2.57 bits per heavy atom. The highest BCUT2D eigenvalue weighted by atomic mass is 32.1. The van der Waals surface area contributed by atoms with Crippen LogP contribution in [0.5, 0.6) is 11.5 Å². The third-order valence-corrected chi connectivity index (χ3v) is 5.67. The van der Waals surface area contributed by atoms with Gasteiger partial charge in [0, 0.05) is 11.4 Å². The van der Waals surface area contributed by atoms with E-state index in [0.29, 0.717) is 30.2 Å². The average molecular weight is 431 g/mol. The molecule has 2 aromatic heterocycles. The molecule has 0 unspecified atom stereocenters. The third kappa shape index (κ3) is 4.76. The number of nitrogens with one attached hydrogen (secondary N) is 1. The molecule has 0 aliphatic heterocycles. The molecule has 0 atom stereocenters. The number of thiophene rings is 1. The van der Waals surface area contributed by atoms with E-state index in [0.717, 1.165) is 20.7 Å². The van der Waals surface area contributed by atoms with Gasteiger partial charge in [0.15, 0.2) is 11.5 Å². The van der Waals surface area contributed by atoms with Gasteiger partial charge in [0.1, 0.15) is 12.2 Å². The highest BCUT2D eigenvalue weighted by Gasteiger charge is 2.20. The fourth-order valence-electron chi connectivity index (χ4n) is 3.29. The van der Waals surface area contributed by atoms with Crippen molar-refractivity contribution in [1.29, 1.82) is 0 Å². The Morgan fingerprint density at radius 2 is 1.87 bits per heavy atom. The lowest BCUT2D eigenvalue weighted by atomic mass is 10.1. The quantitative estimate of drug-likeness (QED) is 0.525. The molecule has 3 aromatic rings. The van der Waals surface area contributed by atoms with Crippen LogP contribution in [0, 0.1) is 6.92 Å². The molecule has 2 heterocycles. The summed E-state index contributed by atoms with van der Waals surface area (Å²) in [5, 5.41) is 2.92. The van der Waals surface area contributed by atoms with E-state index in [-0.39, 0.29) is 19.1 Å². The Hall–Kier alpha value is -3.00. The first-order valence-corrected chi connectivity index (χ1v) is 10.5. The van der Waals surface area contributed by atoms with Crippen molar-refractivity contribution >= 4 is 33.4 Å². The van der Waals surface area contributed by atoms with E-state index in [1.165, 1.54) is 0 Å². The first kappa shape index (κ1) is 21.7. The summed E-state index contributed by atoms with van der Waals surface area (Å²) in [6.07, 6.45) is 0.648. The summed E-state index contributed by atoms with van der Waals surface area (Å²) in [5.41, 5.74) is 2.29. The van der Waals surface area contributed by atoms with Gasteiger partial charge in [0.25, 0.3) is 0 Å². The van der Waals surface area contributed by atoms with Crippen LogP contribution in [0.2, 0.25) is 0 Å². The minimum Gasteiger partial charge on any atom is -0.493 e. The second kappa shape index (κ2) is 9.67. The van der Waals surface area contributed by atoms with E-state index in [2.05, 4.69) is 5.32 Å². The summed E-state index contributed by atoms with van der Waals surface area (Å²) in [6, 6.07) is 9.46. The molecule has 0 aliphatic carbocycles. The Labute approximate surface area is 179 Å². The number of carbonyl (C=O) groups excluding carboxylic acids is 2. The summed E-state index contributed by atoms with van der Waals surface area (Å²) in [7, 11) is 3.18. The number of methoxy groups -OCH3 is 2. The number of hydrogen-bond acceptors (Lipinski definition) is 6.